The zero-order chi connectivity index (χ0) is 9.52. The van der Waals surface area contributed by atoms with Crippen LogP contribution in [0, 0.1) is 17.7 Å². The molecule has 0 saturated heterocycles. The minimum atomic E-state index is -0.374. The molecule has 0 aliphatic rings. The summed E-state index contributed by atoms with van der Waals surface area (Å²) in [7, 11) is 0. The lowest BCUT2D eigenvalue weighted by molar-refractivity contribution is 0.618. The van der Waals surface area contributed by atoms with E-state index in [1.807, 2.05) is 0 Å². The van der Waals surface area contributed by atoms with Crippen LogP contribution in [0.2, 0.25) is 0 Å². The molecule has 1 rings (SSSR count). The zero-order valence-corrected chi connectivity index (χ0v) is 7.81. The topological polar surface area (TPSA) is 12.9 Å². The molecular formula is C10H9ClFN. The highest BCUT2D eigenvalue weighted by atomic mass is 35.5. The second kappa shape index (κ2) is 5.55. The Bertz CT molecular complexity index is 327. The molecule has 68 valence electrons. The van der Waals surface area contributed by atoms with Crippen molar-refractivity contribution in [3.05, 3.63) is 29.8 Å². The predicted molar refractivity (Wildman–Crippen MR) is 51.0 cm³/mol. The second-order valence-electron chi connectivity index (χ2n) is 2.45. The highest BCUT2D eigenvalue weighted by molar-refractivity contribution is 6.17. The van der Waals surface area contributed by atoms with Crippen LogP contribution < -0.4 is 0 Å². The number of hydrogen-bond acceptors (Lipinski definition) is 1. The number of rotatable bonds is 2. The third-order valence-corrected chi connectivity index (χ3v) is 1.70. The van der Waals surface area contributed by atoms with Crippen molar-refractivity contribution in [1.29, 1.82) is 0 Å². The minimum absolute atomic E-state index is 0.374. The second-order valence-corrected chi connectivity index (χ2v) is 2.83. The summed E-state index contributed by atoms with van der Waals surface area (Å²) in [6, 6.07) is 1.56. The maximum Gasteiger partial charge on any atom is 0.157 e. The van der Waals surface area contributed by atoms with Gasteiger partial charge in [-0.05, 0) is 12.5 Å². The van der Waals surface area contributed by atoms with E-state index in [2.05, 4.69) is 16.8 Å². The molecule has 1 heterocycles. The molecule has 0 spiro atoms. The summed E-state index contributed by atoms with van der Waals surface area (Å²) in [5.41, 5.74) is 0.393. The van der Waals surface area contributed by atoms with Crippen LogP contribution in [0.15, 0.2) is 18.5 Å². The van der Waals surface area contributed by atoms with Gasteiger partial charge in [-0.2, -0.15) is 0 Å². The lowest BCUT2D eigenvalue weighted by Crippen LogP contribution is -1.83. The van der Waals surface area contributed by atoms with Gasteiger partial charge in [-0.15, -0.1) is 11.6 Å². The highest BCUT2D eigenvalue weighted by Crippen LogP contribution is 2.01. The van der Waals surface area contributed by atoms with Gasteiger partial charge in [-0.25, -0.2) is 4.39 Å². The molecule has 0 amide bonds. The molecular weight excluding hydrogens is 189 g/mol. The van der Waals surface area contributed by atoms with E-state index in [1.165, 1.54) is 6.20 Å². The molecule has 0 N–H and O–H groups in total. The Hall–Kier alpha value is -1.07. The van der Waals surface area contributed by atoms with E-state index in [0.717, 1.165) is 12.6 Å². The van der Waals surface area contributed by atoms with Gasteiger partial charge in [0.25, 0.3) is 0 Å². The Balaban J connectivity index is 2.61. The van der Waals surface area contributed by atoms with Crippen LogP contribution in [0.1, 0.15) is 18.4 Å². The maximum atomic E-state index is 12.9. The number of pyridine rings is 1. The average molecular weight is 198 g/mol. The van der Waals surface area contributed by atoms with Gasteiger partial charge >= 0.3 is 0 Å². The number of unbranched alkanes of at least 4 members (excludes halogenated alkanes) is 1. The normalized spacial score (nSPS) is 9.08. The molecule has 0 atom stereocenters. The Labute approximate surface area is 81.9 Å². The van der Waals surface area contributed by atoms with Crippen LogP contribution in [-0.2, 0) is 0 Å². The predicted octanol–water partition coefficient (Wildman–Crippen LogP) is 2.59. The first-order valence-corrected chi connectivity index (χ1v) is 4.52. The van der Waals surface area contributed by atoms with Crippen molar-refractivity contribution in [3.63, 3.8) is 0 Å². The summed E-state index contributed by atoms with van der Waals surface area (Å²) in [5, 5.41) is 0. The standard InChI is InChI=1S/C10H9ClFN/c11-6-3-1-2-4-9-5-7-13-8-10(9)12/h5,7-8H,1,3,6H2. The number of aromatic nitrogens is 1. The monoisotopic (exact) mass is 197 g/mol. The average Bonchev–Trinajstić information content (AvgIpc) is 2.15. The molecule has 0 unspecified atom stereocenters. The first-order chi connectivity index (χ1) is 6.34. The van der Waals surface area contributed by atoms with Crippen LogP contribution in [0.4, 0.5) is 4.39 Å². The van der Waals surface area contributed by atoms with Crippen molar-refractivity contribution in [2.45, 2.75) is 12.8 Å². The van der Waals surface area contributed by atoms with Crippen LogP contribution in [-0.4, -0.2) is 10.9 Å². The zero-order valence-electron chi connectivity index (χ0n) is 7.06. The summed E-state index contributed by atoms with van der Waals surface area (Å²) in [6.45, 7) is 0. The summed E-state index contributed by atoms with van der Waals surface area (Å²) in [6.07, 6.45) is 4.22. The van der Waals surface area contributed by atoms with Crippen LogP contribution in [0.3, 0.4) is 0 Å². The quantitative estimate of drug-likeness (QED) is 0.404. The molecule has 1 aromatic heterocycles. The van der Waals surface area contributed by atoms with E-state index >= 15 is 0 Å². The van der Waals surface area contributed by atoms with Gasteiger partial charge in [0.05, 0.1) is 11.8 Å². The molecule has 0 aliphatic carbocycles. The van der Waals surface area contributed by atoms with Crippen molar-refractivity contribution in [2.24, 2.45) is 0 Å². The fraction of sp³-hybridized carbons (Fsp3) is 0.300. The van der Waals surface area contributed by atoms with Gasteiger partial charge < -0.3 is 0 Å². The lowest BCUT2D eigenvalue weighted by Gasteiger charge is -1.90. The van der Waals surface area contributed by atoms with Gasteiger partial charge in [-0.1, -0.05) is 11.8 Å². The van der Waals surface area contributed by atoms with E-state index in [4.69, 9.17) is 11.6 Å². The number of hydrogen-bond donors (Lipinski definition) is 0. The maximum absolute atomic E-state index is 12.9. The van der Waals surface area contributed by atoms with Crippen LogP contribution >= 0.6 is 11.6 Å². The van der Waals surface area contributed by atoms with Gasteiger partial charge in [-0.3, -0.25) is 4.98 Å². The van der Waals surface area contributed by atoms with Crippen LogP contribution in [0.5, 0.6) is 0 Å². The Morgan fingerprint density at radius 2 is 2.38 bits per heavy atom. The molecule has 0 aromatic carbocycles. The van der Waals surface area contributed by atoms with E-state index in [-0.39, 0.29) is 5.82 Å². The number of nitrogens with zero attached hydrogens (tertiary/aromatic N) is 1. The molecule has 3 heteroatoms. The Morgan fingerprint density at radius 3 is 3.08 bits per heavy atom. The molecule has 13 heavy (non-hydrogen) atoms. The van der Waals surface area contributed by atoms with Crippen molar-refractivity contribution in [1.82, 2.24) is 4.98 Å². The van der Waals surface area contributed by atoms with Crippen molar-refractivity contribution < 1.29 is 4.39 Å². The van der Waals surface area contributed by atoms with E-state index < -0.39 is 0 Å². The third-order valence-electron chi connectivity index (χ3n) is 1.43. The smallest absolute Gasteiger partial charge is 0.157 e. The Kier molecular flexibility index (Phi) is 4.28. The van der Waals surface area contributed by atoms with Gasteiger partial charge in [0, 0.05) is 18.5 Å². The highest BCUT2D eigenvalue weighted by Gasteiger charge is 1.94. The molecule has 1 nitrogen and oxygen atoms in total. The number of alkyl halides is 1. The van der Waals surface area contributed by atoms with E-state index in [9.17, 15) is 4.39 Å². The molecule has 0 fully saturated rings. The summed E-state index contributed by atoms with van der Waals surface area (Å²) in [5.74, 6) is 5.78. The van der Waals surface area contributed by atoms with E-state index in [1.54, 1.807) is 6.07 Å². The fourth-order valence-electron chi connectivity index (χ4n) is 0.789. The summed E-state index contributed by atoms with van der Waals surface area (Å²) >= 11 is 5.46. The molecule has 0 aliphatic heterocycles. The summed E-state index contributed by atoms with van der Waals surface area (Å²) in [4.78, 5) is 3.63. The largest absolute Gasteiger partial charge is 0.262 e. The summed E-state index contributed by atoms with van der Waals surface area (Å²) < 4.78 is 12.9. The van der Waals surface area contributed by atoms with Crippen molar-refractivity contribution in [2.75, 3.05) is 5.88 Å². The fourth-order valence-corrected chi connectivity index (χ4v) is 0.923. The molecule has 0 radical (unpaired) electrons. The van der Waals surface area contributed by atoms with Gasteiger partial charge in [0.1, 0.15) is 0 Å². The Morgan fingerprint density at radius 1 is 1.54 bits per heavy atom. The van der Waals surface area contributed by atoms with E-state index in [0.29, 0.717) is 17.9 Å². The van der Waals surface area contributed by atoms with Crippen molar-refractivity contribution >= 4 is 11.6 Å². The van der Waals surface area contributed by atoms with Gasteiger partial charge in [0.2, 0.25) is 0 Å². The first kappa shape index (κ1) is 10.0. The molecule has 0 bridgehead atoms. The van der Waals surface area contributed by atoms with Crippen LogP contribution in [0.25, 0.3) is 0 Å². The SMILES string of the molecule is Fc1cnccc1C#CCCCCl. The van der Waals surface area contributed by atoms with Crippen molar-refractivity contribution in [3.8, 4) is 11.8 Å². The molecule has 0 saturated carbocycles. The minimum Gasteiger partial charge on any atom is -0.262 e. The third kappa shape index (κ3) is 3.43. The lowest BCUT2D eigenvalue weighted by atomic mass is 10.2. The van der Waals surface area contributed by atoms with Gasteiger partial charge in [0.15, 0.2) is 5.82 Å². The molecule has 1 aromatic rings. The first-order valence-electron chi connectivity index (χ1n) is 3.99. The number of halogens is 2.